The highest BCUT2D eigenvalue weighted by atomic mass is 16.2. The standard InChI is InChI=1S/C17H21N3O2/c1-2-9-19-16(21)14-7-10-20(11-8-14)17(22)15-5-3-13(12-18)4-6-15/h3-6,14H,2,7-11H2,1H3,(H,19,21). The number of rotatable bonds is 4. The Balaban J connectivity index is 1.89. The van der Waals surface area contributed by atoms with Crippen LogP contribution >= 0.6 is 0 Å². The van der Waals surface area contributed by atoms with E-state index in [4.69, 9.17) is 5.26 Å². The molecule has 1 aromatic carbocycles. The van der Waals surface area contributed by atoms with Gasteiger partial charge in [0.05, 0.1) is 11.6 Å². The number of hydrogen-bond acceptors (Lipinski definition) is 3. The fraction of sp³-hybridized carbons (Fsp3) is 0.471. The van der Waals surface area contributed by atoms with Crippen LogP contribution in [0.5, 0.6) is 0 Å². The summed E-state index contributed by atoms with van der Waals surface area (Å²) < 4.78 is 0. The molecule has 2 amide bonds. The summed E-state index contributed by atoms with van der Waals surface area (Å²) in [6.45, 7) is 3.94. The topological polar surface area (TPSA) is 73.2 Å². The number of likely N-dealkylation sites (tertiary alicyclic amines) is 1. The number of piperidine rings is 1. The summed E-state index contributed by atoms with van der Waals surface area (Å²) in [5.41, 5.74) is 1.13. The maximum Gasteiger partial charge on any atom is 0.253 e. The van der Waals surface area contributed by atoms with Crippen LogP contribution in [0, 0.1) is 17.2 Å². The molecule has 5 nitrogen and oxygen atoms in total. The van der Waals surface area contributed by atoms with Crippen molar-refractivity contribution in [3.63, 3.8) is 0 Å². The number of hydrogen-bond donors (Lipinski definition) is 1. The lowest BCUT2D eigenvalue weighted by atomic mass is 9.95. The number of carbonyl (C=O) groups excluding carboxylic acids is 2. The fourth-order valence-corrected chi connectivity index (χ4v) is 2.61. The number of carbonyl (C=O) groups is 2. The molecule has 5 heteroatoms. The average molecular weight is 299 g/mol. The van der Waals surface area contributed by atoms with Gasteiger partial charge in [-0.2, -0.15) is 5.26 Å². The number of benzene rings is 1. The highest BCUT2D eigenvalue weighted by Gasteiger charge is 2.27. The normalized spacial score (nSPS) is 15.2. The molecule has 2 rings (SSSR count). The predicted octanol–water partition coefficient (Wildman–Crippen LogP) is 1.94. The minimum atomic E-state index is -0.0306. The molecule has 116 valence electrons. The van der Waals surface area contributed by atoms with Crippen molar-refractivity contribution in [2.75, 3.05) is 19.6 Å². The SMILES string of the molecule is CCCNC(=O)C1CCN(C(=O)c2ccc(C#N)cc2)CC1. The predicted molar refractivity (Wildman–Crippen MR) is 83.1 cm³/mol. The van der Waals surface area contributed by atoms with Crippen LogP contribution in [0.4, 0.5) is 0 Å². The third-order valence-corrected chi connectivity index (χ3v) is 3.96. The van der Waals surface area contributed by atoms with Crippen LogP contribution in [0.3, 0.4) is 0 Å². The highest BCUT2D eigenvalue weighted by molar-refractivity contribution is 5.94. The third-order valence-electron chi connectivity index (χ3n) is 3.96. The smallest absolute Gasteiger partial charge is 0.253 e. The second-order valence-electron chi connectivity index (χ2n) is 5.55. The van der Waals surface area contributed by atoms with Gasteiger partial charge >= 0.3 is 0 Å². The molecule has 0 spiro atoms. The van der Waals surface area contributed by atoms with Crippen LogP contribution in [-0.4, -0.2) is 36.3 Å². The second kappa shape index (κ2) is 7.60. The van der Waals surface area contributed by atoms with Crippen LogP contribution in [0.15, 0.2) is 24.3 Å². The first-order valence-corrected chi connectivity index (χ1v) is 7.73. The van der Waals surface area contributed by atoms with Gasteiger partial charge in [0.15, 0.2) is 0 Å². The molecule has 0 unspecified atom stereocenters. The number of nitriles is 1. The van der Waals surface area contributed by atoms with Gasteiger partial charge in [0, 0.05) is 31.1 Å². The zero-order valence-electron chi connectivity index (χ0n) is 12.8. The lowest BCUT2D eigenvalue weighted by Crippen LogP contribution is -2.43. The largest absolute Gasteiger partial charge is 0.356 e. The molecule has 0 aliphatic carbocycles. The molecule has 0 radical (unpaired) electrons. The minimum absolute atomic E-state index is 0.0107. The molecule has 0 atom stereocenters. The van der Waals surface area contributed by atoms with E-state index in [0.717, 1.165) is 6.42 Å². The molecular weight excluding hydrogens is 278 g/mol. The third kappa shape index (κ3) is 3.85. The maximum atomic E-state index is 12.4. The van der Waals surface area contributed by atoms with Crippen LogP contribution in [0.2, 0.25) is 0 Å². The first kappa shape index (κ1) is 16.0. The van der Waals surface area contributed by atoms with E-state index < -0.39 is 0 Å². The Morgan fingerprint density at radius 2 is 1.91 bits per heavy atom. The summed E-state index contributed by atoms with van der Waals surface area (Å²) in [6, 6.07) is 8.70. The van der Waals surface area contributed by atoms with Gasteiger partial charge in [-0.05, 0) is 43.5 Å². The van der Waals surface area contributed by atoms with Gasteiger partial charge in [-0.3, -0.25) is 9.59 Å². The summed E-state index contributed by atoms with van der Waals surface area (Å²) >= 11 is 0. The van der Waals surface area contributed by atoms with Gasteiger partial charge in [-0.1, -0.05) is 6.92 Å². The molecule has 1 aliphatic heterocycles. The summed E-state index contributed by atoms with van der Waals surface area (Å²) in [5.74, 6) is 0.0841. The van der Waals surface area contributed by atoms with Gasteiger partial charge in [0.1, 0.15) is 0 Å². The first-order valence-electron chi connectivity index (χ1n) is 7.73. The van der Waals surface area contributed by atoms with Crippen LogP contribution < -0.4 is 5.32 Å². The van der Waals surface area contributed by atoms with Gasteiger partial charge in [-0.15, -0.1) is 0 Å². The minimum Gasteiger partial charge on any atom is -0.356 e. The molecule has 1 fully saturated rings. The molecule has 1 heterocycles. The summed E-state index contributed by atoms with van der Waals surface area (Å²) in [4.78, 5) is 26.1. The fourth-order valence-electron chi connectivity index (χ4n) is 2.61. The lowest BCUT2D eigenvalue weighted by Gasteiger charge is -2.31. The van der Waals surface area contributed by atoms with Crippen LogP contribution in [-0.2, 0) is 4.79 Å². The number of nitrogens with zero attached hydrogens (tertiary/aromatic N) is 2. The van der Waals surface area contributed by atoms with Gasteiger partial charge in [0.2, 0.25) is 5.91 Å². The zero-order chi connectivity index (χ0) is 15.9. The van der Waals surface area contributed by atoms with E-state index in [0.29, 0.717) is 43.6 Å². The Morgan fingerprint density at radius 1 is 1.27 bits per heavy atom. The van der Waals surface area contributed by atoms with Gasteiger partial charge < -0.3 is 10.2 Å². The van der Waals surface area contributed by atoms with Crippen molar-refractivity contribution in [1.29, 1.82) is 5.26 Å². The maximum absolute atomic E-state index is 12.4. The van der Waals surface area contributed by atoms with E-state index in [-0.39, 0.29) is 17.7 Å². The molecule has 0 saturated carbocycles. The van der Waals surface area contributed by atoms with Crippen LogP contribution in [0.25, 0.3) is 0 Å². The first-order chi connectivity index (χ1) is 10.7. The molecule has 1 aromatic rings. The average Bonchev–Trinajstić information content (AvgIpc) is 2.59. The van der Waals surface area contributed by atoms with Crippen molar-refractivity contribution in [2.45, 2.75) is 26.2 Å². The monoisotopic (exact) mass is 299 g/mol. The molecule has 0 bridgehead atoms. The molecule has 1 saturated heterocycles. The van der Waals surface area contributed by atoms with Gasteiger partial charge in [0.25, 0.3) is 5.91 Å². The van der Waals surface area contributed by atoms with E-state index >= 15 is 0 Å². The van der Waals surface area contributed by atoms with Gasteiger partial charge in [-0.25, -0.2) is 0 Å². The van der Waals surface area contributed by atoms with E-state index in [1.165, 1.54) is 0 Å². The van der Waals surface area contributed by atoms with E-state index in [1.54, 1.807) is 29.2 Å². The number of nitrogens with one attached hydrogen (secondary N) is 1. The van der Waals surface area contributed by atoms with Crippen molar-refractivity contribution in [3.8, 4) is 6.07 Å². The number of amides is 2. The van der Waals surface area contributed by atoms with Crippen molar-refractivity contribution >= 4 is 11.8 Å². The molecule has 0 aromatic heterocycles. The van der Waals surface area contributed by atoms with Crippen molar-refractivity contribution in [2.24, 2.45) is 5.92 Å². The second-order valence-corrected chi connectivity index (χ2v) is 5.55. The van der Waals surface area contributed by atoms with Crippen molar-refractivity contribution in [1.82, 2.24) is 10.2 Å². The van der Waals surface area contributed by atoms with E-state index in [1.807, 2.05) is 13.0 Å². The lowest BCUT2D eigenvalue weighted by molar-refractivity contribution is -0.126. The van der Waals surface area contributed by atoms with Crippen molar-refractivity contribution < 1.29 is 9.59 Å². The van der Waals surface area contributed by atoms with E-state index in [9.17, 15) is 9.59 Å². The Labute approximate surface area is 130 Å². The van der Waals surface area contributed by atoms with Crippen LogP contribution in [0.1, 0.15) is 42.1 Å². The molecule has 1 N–H and O–H groups in total. The Kier molecular flexibility index (Phi) is 5.54. The molecular formula is C17H21N3O2. The Bertz CT molecular complexity index is 567. The van der Waals surface area contributed by atoms with Crippen molar-refractivity contribution in [3.05, 3.63) is 35.4 Å². The quantitative estimate of drug-likeness (QED) is 0.923. The zero-order valence-corrected chi connectivity index (χ0v) is 12.8. The summed E-state index contributed by atoms with van der Waals surface area (Å²) in [7, 11) is 0. The molecule has 22 heavy (non-hydrogen) atoms. The molecule has 1 aliphatic rings. The highest BCUT2D eigenvalue weighted by Crippen LogP contribution is 2.19. The summed E-state index contributed by atoms with van der Waals surface area (Å²) in [6.07, 6.45) is 2.34. The summed E-state index contributed by atoms with van der Waals surface area (Å²) in [5, 5.41) is 11.7. The Hall–Kier alpha value is -2.35. The van der Waals surface area contributed by atoms with E-state index in [2.05, 4.69) is 5.32 Å². The Morgan fingerprint density at radius 3 is 2.45 bits per heavy atom.